The SMILES string of the molecule is O=C(O)/C=C/c1ccc(NC(=O)C2(NC(=O)c3ccc4c(C5CCCCC5)c5n(c4c3)CC(=O)Nc3ccccc3-5)CCCC2)cc1. The van der Waals surface area contributed by atoms with E-state index in [2.05, 4.69) is 26.6 Å². The van der Waals surface area contributed by atoms with Crippen LogP contribution in [0.3, 0.4) is 0 Å². The zero-order valence-corrected chi connectivity index (χ0v) is 26.2. The van der Waals surface area contributed by atoms with Gasteiger partial charge in [0.25, 0.3) is 5.91 Å². The van der Waals surface area contributed by atoms with Crippen LogP contribution < -0.4 is 16.0 Å². The molecule has 0 radical (unpaired) electrons. The van der Waals surface area contributed by atoms with Gasteiger partial charge in [0.1, 0.15) is 12.1 Å². The van der Waals surface area contributed by atoms with Gasteiger partial charge in [-0.25, -0.2) is 4.79 Å². The van der Waals surface area contributed by atoms with Crippen molar-refractivity contribution in [1.82, 2.24) is 9.88 Å². The monoisotopic (exact) mass is 630 g/mol. The number of carboxylic acid groups (broad SMARTS) is 1. The predicted octanol–water partition coefficient (Wildman–Crippen LogP) is 7.09. The van der Waals surface area contributed by atoms with E-state index in [1.54, 1.807) is 24.3 Å². The van der Waals surface area contributed by atoms with Crippen LogP contribution in [-0.4, -0.2) is 38.9 Å². The van der Waals surface area contributed by atoms with Gasteiger partial charge < -0.3 is 25.6 Å². The van der Waals surface area contributed by atoms with Crippen LogP contribution in [0.2, 0.25) is 0 Å². The molecule has 4 N–H and O–H groups in total. The normalized spacial score (nSPS) is 17.5. The molecule has 240 valence electrons. The molecule has 0 spiro atoms. The average molecular weight is 631 g/mol. The molecule has 9 nitrogen and oxygen atoms in total. The molecule has 3 aliphatic rings. The standard InChI is InChI=1S/C38H38N4O5/c43-32-23-42-31-22-26(15-18-29(31)34(25-8-2-1-3-9-25)35(42)28-10-4-5-11-30(28)40-32)36(46)41-38(20-6-7-21-38)37(47)39-27-16-12-24(13-17-27)14-19-33(44)45/h4-5,10-19,22,25H,1-3,6-9,20-21,23H2,(H,39,47)(H,40,43)(H,41,46)(H,44,45)/b19-14+. The summed E-state index contributed by atoms with van der Waals surface area (Å²) < 4.78 is 2.07. The number of carbonyl (C=O) groups is 4. The molecule has 1 aliphatic heterocycles. The fourth-order valence-corrected chi connectivity index (χ4v) is 7.68. The number of hydrogen-bond acceptors (Lipinski definition) is 4. The Hall–Kier alpha value is -5.18. The molecule has 9 heteroatoms. The van der Waals surface area contributed by atoms with Gasteiger partial charge in [-0.05, 0) is 79.1 Å². The number of hydrogen-bond donors (Lipinski definition) is 4. The Morgan fingerprint density at radius 3 is 2.40 bits per heavy atom. The van der Waals surface area contributed by atoms with Crippen molar-refractivity contribution in [2.24, 2.45) is 0 Å². The van der Waals surface area contributed by atoms with Gasteiger partial charge >= 0.3 is 5.97 Å². The minimum absolute atomic E-state index is 0.106. The van der Waals surface area contributed by atoms with Gasteiger partial charge in [-0.2, -0.15) is 0 Å². The van der Waals surface area contributed by atoms with Crippen molar-refractivity contribution in [3.63, 3.8) is 0 Å². The van der Waals surface area contributed by atoms with Crippen molar-refractivity contribution in [2.45, 2.75) is 75.8 Å². The smallest absolute Gasteiger partial charge is 0.328 e. The summed E-state index contributed by atoms with van der Waals surface area (Å²) in [5.74, 6) is -1.37. The number of benzene rings is 3. The van der Waals surface area contributed by atoms with Crippen molar-refractivity contribution in [3.05, 3.63) is 89.5 Å². The van der Waals surface area contributed by atoms with Gasteiger partial charge in [-0.1, -0.05) is 68.5 Å². The lowest BCUT2D eigenvalue weighted by Gasteiger charge is -2.29. The molecule has 3 amide bonds. The summed E-state index contributed by atoms with van der Waals surface area (Å²) >= 11 is 0. The number of carbonyl (C=O) groups excluding carboxylic acids is 3. The Labute approximate surface area is 273 Å². The number of nitrogens with one attached hydrogen (secondary N) is 3. The maximum absolute atomic E-state index is 13.9. The molecule has 2 fully saturated rings. The van der Waals surface area contributed by atoms with Gasteiger partial charge in [0.15, 0.2) is 0 Å². The quantitative estimate of drug-likeness (QED) is 0.162. The van der Waals surface area contributed by atoms with Gasteiger partial charge in [-0.3, -0.25) is 14.4 Å². The Kier molecular flexibility index (Phi) is 8.14. The molecule has 0 unspecified atom stereocenters. The summed E-state index contributed by atoms with van der Waals surface area (Å²) in [5, 5.41) is 19.1. The van der Waals surface area contributed by atoms with Crippen molar-refractivity contribution >= 4 is 52.0 Å². The third-order valence-electron chi connectivity index (χ3n) is 9.97. The number of amides is 3. The van der Waals surface area contributed by atoms with Crippen LogP contribution in [0.25, 0.3) is 28.2 Å². The van der Waals surface area contributed by atoms with Gasteiger partial charge in [0.05, 0.1) is 16.9 Å². The highest BCUT2D eigenvalue weighted by molar-refractivity contribution is 6.07. The third-order valence-corrected chi connectivity index (χ3v) is 9.97. The van der Waals surface area contributed by atoms with E-state index in [0.717, 1.165) is 59.6 Å². The Balaban J connectivity index is 1.21. The van der Waals surface area contributed by atoms with Crippen molar-refractivity contribution < 1.29 is 24.3 Å². The van der Waals surface area contributed by atoms with E-state index in [1.807, 2.05) is 36.4 Å². The van der Waals surface area contributed by atoms with E-state index in [4.69, 9.17) is 5.11 Å². The highest BCUT2D eigenvalue weighted by atomic mass is 16.4. The van der Waals surface area contributed by atoms with Crippen LogP contribution in [0.15, 0.2) is 72.8 Å². The number of nitrogens with zero attached hydrogens (tertiary/aromatic N) is 1. The minimum Gasteiger partial charge on any atom is -0.478 e. The molecule has 7 rings (SSSR count). The minimum atomic E-state index is -1.06. The molecule has 2 aliphatic carbocycles. The first kappa shape index (κ1) is 30.5. The predicted molar refractivity (Wildman–Crippen MR) is 182 cm³/mol. The molecule has 0 atom stereocenters. The third kappa shape index (κ3) is 5.93. The molecule has 3 aromatic carbocycles. The summed E-state index contributed by atoms with van der Waals surface area (Å²) in [6, 6.07) is 20.6. The number of anilines is 2. The summed E-state index contributed by atoms with van der Waals surface area (Å²) in [6.07, 6.45) is 11.0. The first-order chi connectivity index (χ1) is 22.8. The molecule has 2 saturated carbocycles. The van der Waals surface area contributed by atoms with E-state index >= 15 is 0 Å². The highest BCUT2D eigenvalue weighted by Gasteiger charge is 2.43. The second-order valence-corrected chi connectivity index (χ2v) is 13.0. The molecular formula is C38H38N4O5. The van der Waals surface area contributed by atoms with Crippen molar-refractivity contribution in [1.29, 1.82) is 0 Å². The molecule has 0 bridgehead atoms. The van der Waals surface area contributed by atoms with Gasteiger partial charge in [0, 0.05) is 28.3 Å². The Morgan fingerprint density at radius 2 is 1.66 bits per heavy atom. The number of para-hydroxylation sites is 1. The molecule has 0 saturated heterocycles. The lowest BCUT2D eigenvalue weighted by atomic mass is 9.81. The second kappa shape index (κ2) is 12.5. The zero-order valence-electron chi connectivity index (χ0n) is 26.2. The summed E-state index contributed by atoms with van der Waals surface area (Å²) in [7, 11) is 0. The first-order valence-electron chi connectivity index (χ1n) is 16.5. The molecular weight excluding hydrogens is 592 g/mol. The van der Waals surface area contributed by atoms with Gasteiger partial charge in [0.2, 0.25) is 11.8 Å². The second-order valence-electron chi connectivity index (χ2n) is 13.0. The number of rotatable bonds is 7. The van der Waals surface area contributed by atoms with Crippen LogP contribution >= 0.6 is 0 Å². The van der Waals surface area contributed by atoms with Gasteiger partial charge in [-0.15, -0.1) is 0 Å². The van der Waals surface area contributed by atoms with Crippen LogP contribution in [0, 0.1) is 0 Å². The first-order valence-corrected chi connectivity index (χ1v) is 16.5. The zero-order chi connectivity index (χ0) is 32.5. The maximum atomic E-state index is 13.9. The Bertz CT molecular complexity index is 1910. The Morgan fingerprint density at radius 1 is 0.915 bits per heavy atom. The highest BCUT2D eigenvalue weighted by Crippen LogP contribution is 2.46. The largest absolute Gasteiger partial charge is 0.478 e. The van der Waals surface area contributed by atoms with E-state index in [0.29, 0.717) is 35.6 Å². The number of fused-ring (bicyclic) bond motifs is 5. The topological polar surface area (TPSA) is 130 Å². The average Bonchev–Trinajstić information content (AvgIpc) is 3.64. The summed E-state index contributed by atoms with van der Waals surface area (Å²) in [6.45, 7) is 0.148. The number of aromatic nitrogens is 1. The fourth-order valence-electron chi connectivity index (χ4n) is 7.68. The molecule has 47 heavy (non-hydrogen) atoms. The lowest BCUT2D eigenvalue weighted by molar-refractivity contribution is -0.131. The van der Waals surface area contributed by atoms with E-state index < -0.39 is 11.5 Å². The molecule has 1 aromatic heterocycles. The fraction of sp³-hybridized carbons (Fsp3) is 0.316. The van der Waals surface area contributed by atoms with Crippen LogP contribution in [0.4, 0.5) is 11.4 Å². The van der Waals surface area contributed by atoms with E-state index in [1.165, 1.54) is 30.9 Å². The lowest BCUT2D eigenvalue weighted by Crippen LogP contribution is -2.55. The number of carboxylic acids is 1. The summed E-state index contributed by atoms with van der Waals surface area (Å²) in [5.41, 5.74) is 5.59. The van der Waals surface area contributed by atoms with E-state index in [-0.39, 0.29) is 24.3 Å². The van der Waals surface area contributed by atoms with Crippen LogP contribution in [0.5, 0.6) is 0 Å². The maximum Gasteiger partial charge on any atom is 0.328 e. The van der Waals surface area contributed by atoms with Crippen molar-refractivity contribution in [2.75, 3.05) is 10.6 Å². The number of aliphatic carboxylic acids is 1. The summed E-state index contributed by atoms with van der Waals surface area (Å²) in [4.78, 5) is 51.6. The van der Waals surface area contributed by atoms with Crippen molar-refractivity contribution in [3.8, 4) is 11.3 Å². The molecule has 4 aromatic rings. The van der Waals surface area contributed by atoms with E-state index in [9.17, 15) is 19.2 Å². The van der Waals surface area contributed by atoms with Crippen LogP contribution in [-0.2, 0) is 20.9 Å². The molecule has 2 heterocycles. The van der Waals surface area contributed by atoms with Crippen LogP contribution in [0.1, 0.15) is 85.2 Å².